The Morgan fingerprint density at radius 1 is 1.21 bits per heavy atom. The van der Waals surface area contributed by atoms with Crippen LogP contribution in [0.5, 0.6) is 5.75 Å². The molecule has 24 heavy (non-hydrogen) atoms. The molecule has 0 fully saturated rings. The molecule has 0 aliphatic carbocycles. The molecule has 0 heterocycles. The van der Waals surface area contributed by atoms with Crippen molar-refractivity contribution in [3.8, 4) is 5.75 Å². The molecule has 0 aromatic heterocycles. The number of phenolic OH excluding ortho intramolecular Hbond substituents is 1. The summed E-state index contributed by atoms with van der Waals surface area (Å²) in [6.07, 6.45) is 1.30. The molecule has 0 spiro atoms. The molecule has 0 bridgehead atoms. The number of phenols is 1. The van der Waals surface area contributed by atoms with Crippen molar-refractivity contribution in [1.29, 1.82) is 0 Å². The summed E-state index contributed by atoms with van der Waals surface area (Å²) >= 11 is 0. The second-order valence-corrected chi connectivity index (χ2v) is 4.96. The van der Waals surface area contributed by atoms with Gasteiger partial charge in [0.2, 0.25) is 0 Å². The Hall–Kier alpha value is -2.38. The van der Waals surface area contributed by atoms with Gasteiger partial charge in [-0.3, -0.25) is 0 Å². The highest BCUT2D eigenvalue weighted by Crippen LogP contribution is 2.09. The number of allylic oxidation sites excluding steroid dienone is 1. The van der Waals surface area contributed by atoms with Crippen molar-refractivity contribution in [3.63, 3.8) is 0 Å². The molecule has 0 amide bonds. The quantitative estimate of drug-likeness (QED) is 0.487. The van der Waals surface area contributed by atoms with Crippen LogP contribution in [-0.2, 0) is 9.53 Å². The predicted molar refractivity (Wildman–Crippen MR) is 89.9 cm³/mol. The Kier molecular flexibility index (Phi) is 14.2. The molecule has 1 rings (SSSR count). The number of carboxylic acid groups (broad SMARTS) is 1. The highest BCUT2D eigenvalue weighted by atomic mass is 16.5. The molecule has 0 aliphatic heterocycles. The fourth-order valence-corrected chi connectivity index (χ4v) is 1.15. The Morgan fingerprint density at radius 2 is 1.71 bits per heavy atom. The van der Waals surface area contributed by atoms with E-state index in [1.807, 2.05) is 0 Å². The monoisotopic (exact) mass is 342 g/mol. The van der Waals surface area contributed by atoms with Gasteiger partial charge >= 0.3 is 11.9 Å². The van der Waals surface area contributed by atoms with Gasteiger partial charge in [0, 0.05) is 12.7 Å². The van der Waals surface area contributed by atoms with Crippen molar-refractivity contribution >= 4 is 11.9 Å². The van der Waals surface area contributed by atoms with Crippen molar-refractivity contribution in [2.45, 2.75) is 33.3 Å². The van der Waals surface area contributed by atoms with E-state index in [0.29, 0.717) is 12.0 Å². The summed E-state index contributed by atoms with van der Waals surface area (Å²) in [5.41, 5.74) is 1.25. The van der Waals surface area contributed by atoms with E-state index < -0.39 is 11.9 Å². The fourth-order valence-electron chi connectivity index (χ4n) is 1.15. The average Bonchev–Trinajstić information content (AvgIpc) is 2.47. The Bertz CT molecular complexity index is 500. The number of carbonyl (C=O) groups excluding carboxylic acids is 1. The minimum Gasteiger partial charge on any atom is -0.508 e. The third kappa shape index (κ3) is 16.0. The Balaban J connectivity index is 0. The van der Waals surface area contributed by atoms with Crippen LogP contribution >= 0.6 is 0 Å². The van der Waals surface area contributed by atoms with Gasteiger partial charge in [0.1, 0.15) is 5.75 Å². The van der Waals surface area contributed by atoms with Crippen LogP contribution in [0.15, 0.2) is 35.9 Å². The molecule has 1 aromatic rings. The normalized spacial score (nSPS) is 10.1. The van der Waals surface area contributed by atoms with E-state index in [9.17, 15) is 9.59 Å². The smallest absolute Gasteiger partial charge is 0.337 e. The largest absolute Gasteiger partial charge is 0.508 e. The van der Waals surface area contributed by atoms with Gasteiger partial charge in [0.25, 0.3) is 0 Å². The number of aliphatic carboxylic acids is 1. The van der Waals surface area contributed by atoms with Gasteiger partial charge in [0.05, 0.1) is 18.8 Å². The molecule has 0 saturated heterocycles. The number of esters is 1. The molecule has 7 nitrogen and oxygen atoms in total. The first kappa shape index (κ1) is 23.9. The number of ether oxygens (including phenoxy) is 1. The average molecular weight is 342 g/mol. The lowest BCUT2D eigenvalue weighted by Crippen LogP contribution is -2.00. The molecular weight excluding hydrogens is 316 g/mol. The summed E-state index contributed by atoms with van der Waals surface area (Å²) < 4.78 is 4.46. The predicted octanol–water partition coefficient (Wildman–Crippen LogP) is 1.97. The lowest BCUT2D eigenvalue weighted by Gasteiger charge is -1.97. The van der Waals surface area contributed by atoms with Crippen molar-refractivity contribution in [2.24, 2.45) is 0 Å². The minimum atomic E-state index is -0.875. The molecule has 4 N–H and O–H groups in total. The number of aliphatic hydroxyl groups excluding tert-OH is 2. The summed E-state index contributed by atoms with van der Waals surface area (Å²) in [4.78, 5) is 20.6. The van der Waals surface area contributed by atoms with Crippen LogP contribution in [0.2, 0.25) is 0 Å². The highest BCUT2D eigenvalue weighted by molar-refractivity contribution is 5.89. The number of methoxy groups -OCH3 is 1. The lowest BCUT2D eigenvalue weighted by atomic mass is 10.2. The van der Waals surface area contributed by atoms with Crippen LogP contribution in [0.25, 0.3) is 0 Å². The number of carboxylic acids is 1. The first-order valence-corrected chi connectivity index (χ1v) is 7.18. The maximum atomic E-state index is 10.8. The first-order valence-electron chi connectivity index (χ1n) is 7.18. The summed E-state index contributed by atoms with van der Waals surface area (Å²) in [7, 11) is 1.31. The molecule has 0 radical (unpaired) electrons. The topological polar surface area (TPSA) is 124 Å². The van der Waals surface area contributed by atoms with Gasteiger partial charge in [0.15, 0.2) is 0 Å². The number of rotatable bonds is 4. The zero-order chi connectivity index (χ0) is 19.1. The summed E-state index contributed by atoms with van der Waals surface area (Å²) in [5.74, 6) is -1.14. The number of hydrogen-bond donors (Lipinski definition) is 4. The van der Waals surface area contributed by atoms with Crippen molar-refractivity contribution in [1.82, 2.24) is 0 Å². The number of benzene rings is 1. The van der Waals surface area contributed by atoms with Crippen LogP contribution in [0.1, 0.15) is 37.6 Å². The van der Waals surface area contributed by atoms with E-state index in [1.54, 1.807) is 20.8 Å². The Morgan fingerprint density at radius 3 is 1.92 bits per heavy atom. The second-order valence-electron chi connectivity index (χ2n) is 4.96. The van der Waals surface area contributed by atoms with Crippen LogP contribution in [0.4, 0.5) is 0 Å². The molecule has 7 heteroatoms. The molecule has 1 atom stereocenters. The van der Waals surface area contributed by atoms with E-state index >= 15 is 0 Å². The highest BCUT2D eigenvalue weighted by Gasteiger charge is 2.02. The van der Waals surface area contributed by atoms with Crippen LogP contribution in [0.3, 0.4) is 0 Å². The molecule has 1 aromatic carbocycles. The SMILES string of the molecule is CC(C)=CC(=O)O.CC(O)CCO.COC(=O)c1ccc(O)cc1. The van der Waals surface area contributed by atoms with Crippen LogP contribution in [0, 0.1) is 0 Å². The van der Waals surface area contributed by atoms with Crippen LogP contribution < -0.4 is 0 Å². The molecule has 0 aliphatic rings. The molecule has 1 unspecified atom stereocenters. The van der Waals surface area contributed by atoms with Crippen LogP contribution in [-0.4, -0.2) is 52.2 Å². The van der Waals surface area contributed by atoms with Gasteiger partial charge < -0.3 is 25.2 Å². The van der Waals surface area contributed by atoms with Crippen molar-refractivity contribution < 1.29 is 34.8 Å². The first-order chi connectivity index (χ1) is 11.1. The number of aliphatic hydroxyl groups is 2. The number of hydrogen-bond acceptors (Lipinski definition) is 6. The summed E-state index contributed by atoms with van der Waals surface area (Å²) in [6, 6.07) is 5.88. The number of aromatic hydroxyl groups is 1. The molecule has 0 saturated carbocycles. The van der Waals surface area contributed by atoms with Gasteiger partial charge in [-0.2, -0.15) is 0 Å². The van der Waals surface area contributed by atoms with E-state index in [4.69, 9.17) is 20.4 Å². The molecule has 136 valence electrons. The van der Waals surface area contributed by atoms with Crippen molar-refractivity contribution in [3.05, 3.63) is 41.5 Å². The maximum absolute atomic E-state index is 10.8. The van der Waals surface area contributed by atoms with Gasteiger partial charge in [-0.1, -0.05) is 5.57 Å². The molecular formula is C17H26O7. The van der Waals surface area contributed by atoms with Crippen molar-refractivity contribution in [2.75, 3.05) is 13.7 Å². The van der Waals surface area contributed by atoms with E-state index in [-0.39, 0.29) is 18.5 Å². The minimum absolute atomic E-state index is 0.0810. The second kappa shape index (κ2) is 14.2. The van der Waals surface area contributed by atoms with E-state index in [1.165, 1.54) is 37.5 Å². The van der Waals surface area contributed by atoms with E-state index in [0.717, 1.165) is 5.57 Å². The third-order valence-corrected chi connectivity index (χ3v) is 2.25. The van der Waals surface area contributed by atoms with Gasteiger partial charge in [-0.05, 0) is 51.5 Å². The lowest BCUT2D eigenvalue weighted by molar-refractivity contribution is -0.131. The summed E-state index contributed by atoms with van der Waals surface area (Å²) in [6.45, 7) is 5.22. The standard InChI is InChI=1S/C8H8O3.C5H8O2.C4H10O2/c1-11-8(10)6-2-4-7(9)5-3-6;1-4(2)3-5(6)7;1-4(6)2-3-5/h2-5,9H,1H3;3H,1-2H3,(H,6,7);4-6H,2-3H2,1H3. The third-order valence-electron chi connectivity index (χ3n) is 2.25. The maximum Gasteiger partial charge on any atom is 0.337 e. The Labute approximate surface area is 141 Å². The number of carbonyl (C=O) groups is 2. The fraction of sp³-hybridized carbons (Fsp3) is 0.412. The summed E-state index contributed by atoms with van der Waals surface area (Å²) in [5, 5.41) is 33.3. The van der Waals surface area contributed by atoms with E-state index in [2.05, 4.69) is 4.74 Å². The van der Waals surface area contributed by atoms with Gasteiger partial charge in [-0.25, -0.2) is 9.59 Å². The zero-order valence-corrected chi connectivity index (χ0v) is 14.4. The van der Waals surface area contributed by atoms with Gasteiger partial charge in [-0.15, -0.1) is 0 Å². The zero-order valence-electron chi connectivity index (χ0n) is 14.4.